The Labute approximate surface area is 130 Å². The van der Waals surface area contributed by atoms with Gasteiger partial charge < -0.3 is 9.80 Å². The molecule has 6 nitrogen and oxygen atoms in total. The molecule has 3 heterocycles. The Balaban J connectivity index is 1.69. The van der Waals surface area contributed by atoms with E-state index in [1.807, 2.05) is 19.1 Å². The number of hydrogen-bond acceptors (Lipinski definition) is 6. The molecule has 22 heavy (non-hydrogen) atoms. The molecule has 0 bridgehead atoms. The van der Waals surface area contributed by atoms with Crippen molar-refractivity contribution in [3.05, 3.63) is 41.6 Å². The maximum atomic E-state index is 8.80. The van der Waals surface area contributed by atoms with Crippen molar-refractivity contribution in [2.45, 2.75) is 13.8 Å². The quantitative estimate of drug-likeness (QED) is 0.839. The van der Waals surface area contributed by atoms with Gasteiger partial charge in [0.2, 0.25) is 0 Å². The van der Waals surface area contributed by atoms with Gasteiger partial charge in [0.05, 0.1) is 11.9 Å². The van der Waals surface area contributed by atoms with E-state index in [0.29, 0.717) is 5.69 Å². The molecule has 2 aromatic heterocycles. The monoisotopic (exact) mass is 294 g/mol. The molecular formula is C16H18N6. The summed E-state index contributed by atoms with van der Waals surface area (Å²) in [6.07, 6.45) is 3.41. The molecule has 0 atom stereocenters. The topological polar surface area (TPSA) is 68.9 Å². The lowest BCUT2D eigenvalue weighted by Crippen LogP contribution is -2.47. The van der Waals surface area contributed by atoms with Crippen LogP contribution >= 0.6 is 0 Å². The third-order valence-electron chi connectivity index (χ3n) is 4.12. The van der Waals surface area contributed by atoms with Gasteiger partial charge >= 0.3 is 0 Å². The average molecular weight is 294 g/mol. The Morgan fingerprint density at radius 1 is 1.00 bits per heavy atom. The van der Waals surface area contributed by atoms with Crippen LogP contribution in [0.4, 0.5) is 11.5 Å². The van der Waals surface area contributed by atoms with E-state index < -0.39 is 0 Å². The second-order valence-corrected chi connectivity index (χ2v) is 5.40. The van der Waals surface area contributed by atoms with E-state index >= 15 is 0 Å². The molecule has 0 aromatic carbocycles. The average Bonchev–Trinajstić information content (AvgIpc) is 2.58. The molecule has 0 saturated carbocycles. The van der Waals surface area contributed by atoms with Crippen LogP contribution in [0.2, 0.25) is 0 Å². The van der Waals surface area contributed by atoms with Gasteiger partial charge in [0.15, 0.2) is 0 Å². The SMILES string of the molecule is Cc1ncnc(N2CCN(c3ccc(C#N)nc3)CC2)c1C. The summed E-state index contributed by atoms with van der Waals surface area (Å²) in [6, 6.07) is 5.77. The fourth-order valence-corrected chi connectivity index (χ4v) is 2.66. The zero-order valence-corrected chi connectivity index (χ0v) is 12.8. The number of aryl methyl sites for hydroxylation is 1. The van der Waals surface area contributed by atoms with Gasteiger partial charge in [-0.15, -0.1) is 0 Å². The van der Waals surface area contributed by atoms with Crippen LogP contribution < -0.4 is 9.80 Å². The van der Waals surface area contributed by atoms with Gasteiger partial charge in [0, 0.05) is 37.4 Å². The van der Waals surface area contributed by atoms with Gasteiger partial charge in [0.25, 0.3) is 0 Å². The highest BCUT2D eigenvalue weighted by molar-refractivity contribution is 5.51. The summed E-state index contributed by atoms with van der Waals surface area (Å²) < 4.78 is 0. The lowest BCUT2D eigenvalue weighted by Gasteiger charge is -2.37. The smallest absolute Gasteiger partial charge is 0.140 e. The summed E-state index contributed by atoms with van der Waals surface area (Å²) >= 11 is 0. The minimum absolute atomic E-state index is 0.453. The van der Waals surface area contributed by atoms with Gasteiger partial charge in [-0.2, -0.15) is 5.26 Å². The minimum Gasteiger partial charge on any atom is -0.367 e. The molecule has 0 radical (unpaired) electrons. The highest BCUT2D eigenvalue weighted by atomic mass is 15.3. The number of piperazine rings is 1. The maximum absolute atomic E-state index is 8.80. The van der Waals surface area contributed by atoms with E-state index in [4.69, 9.17) is 5.26 Å². The Morgan fingerprint density at radius 3 is 2.36 bits per heavy atom. The molecule has 1 aliphatic heterocycles. The fraction of sp³-hybridized carbons (Fsp3) is 0.375. The third-order valence-corrected chi connectivity index (χ3v) is 4.12. The van der Waals surface area contributed by atoms with Crippen LogP contribution in [0.5, 0.6) is 0 Å². The minimum atomic E-state index is 0.453. The Bertz CT molecular complexity index is 696. The first-order chi connectivity index (χ1) is 10.7. The van der Waals surface area contributed by atoms with Crippen LogP contribution in [-0.4, -0.2) is 41.1 Å². The molecule has 3 rings (SSSR count). The molecule has 0 spiro atoms. The second kappa shape index (κ2) is 5.98. The van der Waals surface area contributed by atoms with Gasteiger partial charge in [-0.1, -0.05) is 0 Å². The molecule has 0 N–H and O–H groups in total. The number of anilines is 2. The standard InChI is InChI=1S/C16H18N6/c1-12-13(2)19-11-20-16(12)22-7-5-21(6-8-22)15-4-3-14(9-17)18-10-15/h3-4,10-11H,5-8H2,1-2H3. The molecule has 6 heteroatoms. The molecule has 2 aromatic rings. The lowest BCUT2D eigenvalue weighted by molar-refractivity contribution is 0.643. The van der Waals surface area contributed by atoms with Crippen molar-refractivity contribution in [3.8, 4) is 6.07 Å². The molecule has 1 saturated heterocycles. The van der Waals surface area contributed by atoms with Crippen molar-refractivity contribution in [2.24, 2.45) is 0 Å². The second-order valence-electron chi connectivity index (χ2n) is 5.40. The number of aromatic nitrogens is 3. The number of hydrogen-bond donors (Lipinski definition) is 0. The molecule has 1 aliphatic rings. The van der Waals surface area contributed by atoms with Crippen molar-refractivity contribution in [3.63, 3.8) is 0 Å². The highest BCUT2D eigenvalue weighted by Gasteiger charge is 2.20. The Hall–Kier alpha value is -2.68. The fourth-order valence-electron chi connectivity index (χ4n) is 2.66. The van der Waals surface area contributed by atoms with Crippen LogP contribution in [0.25, 0.3) is 0 Å². The summed E-state index contributed by atoms with van der Waals surface area (Å²) in [7, 11) is 0. The molecule has 0 amide bonds. The van der Waals surface area contributed by atoms with Gasteiger partial charge in [-0.25, -0.2) is 15.0 Å². The third kappa shape index (κ3) is 2.70. The number of nitrogens with zero attached hydrogens (tertiary/aromatic N) is 6. The van der Waals surface area contributed by atoms with Crippen LogP contribution in [0, 0.1) is 25.2 Å². The maximum Gasteiger partial charge on any atom is 0.140 e. The first-order valence-electron chi connectivity index (χ1n) is 7.33. The van der Waals surface area contributed by atoms with E-state index in [-0.39, 0.29) is 0 Å². The zero-order valence-electron chi connectivity index (χ0n) is 12.8. The van der Waals surface area contributed by atoms with E-state index in [1.54, 1.807) is 18.6 Å². The van der Waals surface area contributed by atoms with Crippen molar-refractivity contribution >= 4 is 11.5 Å². The Morgan fingerprint density at radius 2 is 1.73 bits per heavy atom. The van der Waals surface area contributed by atoms with Crippen LogP contribution in [0.1, 0.15) is 17.0 Å². The summed E-state index contributed by atoms with van der Waals surface area (Å²) in [4.78, 5) is 17.4. The van der Waals surface area contributed by atoms with Crippen LogP contribution in [0.3, 0.4) is 0 Å². The van der Waals surface area contributed by atoms with Crippen LogP contribution in [0.15, 0.2) is 24.7 Å². The first kappa shape index (κ1) is 14.3. The highest BCUT2D eigenvalue weighted by Crippen LogP contribution is 2.22. The van der Waals surface area contributed by atoms with Crippen molar-refractivity contribution in [2.75, 3.05) is 36.0 Å². The summed E-state index contributed by atoms with van der Waals surface area (Å²) in [5.74, 6) is 1.03. The van der Waals surface area contributed by atoms with Gasteiger partial charge in [0.1, 0.15) is 23.9 Å². The number of rotatable bonds is 2. The van der Waals surface area contributed by atoms with E-state index in [9.17, 15) is 0 Å². The summed E-state index contributed by atoms with van der Waals surface area (Å²) in [5.41, 5.74) is 3.70. The largest absolute Gasteiger partial charge is 0.367 e. The lowest BCUT2D eigenvalue weighted by atomic mass is 10.2. The number of pyridine rings is 1. The van der Waals surface area contributed by atoms with Crippen molar-refractivity contribution in [1.29, 1.82) is 5.26 Å². The Kier molecular flexibility index (Phi) is 3.88. The molecule has 112 valence electrons. The summed E-state index contributed by atoms with van der Waals surface area (Å²) in [6.45, 7) is 7.74. The number of nitriles is 1. The van der Waals surface area contributed by atoms with Gasteiger partial charge in [-0.3, -0.25) is 0 Å². The summed E-state index contributed by atoms with van der Waals surface area (Å²) in [5, 5.41) is 8.80. The first-order valence-corrected chi connectivity index (χ1v) is 7.33. The predicted octanol–water partition coefficient (Wildman–Crippen LogP) is 1.69. The van der Waals surface area contributed by atoms with Crippen LogP contribution in [-0.2, 0) is 0 Å². The van der Waals surface area contributed by atoms with Crippen molar-refractivity contribution in [1.82, 2.24) is 15.0 Å². The zero-order chi connectivity index (χ0) is 15.5. The predicted molar refractivity (Wildman–Crippen MR) is 84.9 cm³/mol. The van der Waals surface area contributed by atoms with Gasteiger partial charge in [-0.05, 0) is 26.0 Å². The molecule has 0 aliphatic carbocycles. The normalized spacial score (nSPS) is 14.8. The van der Waals surface area contributed by atoms with Crippen molar-refractivity contribution < 1.29 is 0 Å². The van der Waals surface area contributed by atoms with E-state index in [1.165, 1.54) is 0 Å². The van der Waals surface area contributed by atoms with E-state index in [0.717, 1.165) is 48.9 Å². The van der Waals surface area contributed by atoms with E-state index in [2.05, 4.69) is 31.7 Å². The molecular weight excluding hydrogens is 276 g/mol. The molecule has 0 unspecified atom stereocenters. The molecule has 1 fully saturated rings.